The monoisotopic (exact) mass is 428 g/mol. The van der Waals surface area contributed by atoms with Crippen LogP contribution in [-0.2, 0) is 10.2 Å². The van der Waals surface area contributed by atoms with Gasteiger partial charge in [0, 0.05) is 17.5 Å². The molecule has 2 atom stereocenters. The third-order valence-electron chi connectivity index (χ3n) is 5.66. The maximum atomic E-state index is 13.0. The third kappa shape index (κ3) is 5.19. The summed E-state index contributed by atoms with van der Waals surface area (Å²) in [7, 11) is 0. The summed E-state index contributed by atoms with van der Waals surface area (Å²) in [5.41, 5.74) is -0.314. The summed E-state index contributed by atoms with van der Waals surface area (Å²) in [5.74, 6) is -0.0788. The molecule has 8 nitrogen and oxygen atoms in total. The Balaban J connectivity index is 1.64. The standard InChI is InChI=1S/C23H32N4O4/c1-22(2,3)21-25-20(26-31-21)18(29)16-12-9-13-27(16)17(28)14-24-23(4,5)19(30)15-10-7-6-8-11-15/h6-8,10-11,16,19,24,30H,9,12-14H2,1-5H3. The molecule has 31 heavy (non-hydrogen) atoms. The molecule has 0 radical (unpaired) electrons. The Morgan fingerprint density at radius 2 is 1.90 bits per heavy atom. The maximum absolute atomic E-state index is 13.0. The average Bonchev–Trinajstić information content (AvgIpc) is 3.41. The van der Waals surface area contributed by atoms with E-state index in [2.05, 4.69) is 15.5 Å². The molecule has 3 rings (SSSR count). The van der Waals surface area contributed by atoms with Gasteiger partial charge in [0.1, 0.15) is 0 Å². The van der Waals surface area contributed by atoms with Crippen LogP contribution >= 0.6 is 0 Å². The Morgan fingerprint density at radius 1 is 1.23 bits per heavy atom. The Morgan fingerprint density at radius 3 is 2.52 bits per heavy atom. The zero-order valence-corrected chi connectivity index (χ0v) is 18.9. The molecule has 8 heteroatoms. The van der Waals surface area contributed by atoms with Gasteiger partial charge in [0.05, 0.1) is 18.7 Å². The number of amides is 1. The highest BCUT2D eigenvalue weighted by Crippen LogP contribution is 2.26. The van der Waals surface area contributed by atoms with E-state index in [1.807, 2.05) is 65.0 Å². The van der Waals surface area contributed by atoms with Gasteiger partial charge in [0.2, 0.25) is 23.4 Å². The van der Waals surface area contributed by atoms with Crippen molar-refractivity contribution in [1.29, 1.82) is 0 Å². The number of nitrogens with zero attached hydrogens (tertiary/aromatic N) is 3. The highest BCUT2D eigenvalue weighted by molar-refractivity contribution is 5.99. The van der Waals surface area contributed by atoms with Gasteiger partial charge in [-0.1, -0.05) is 56.3 Å². The van der Waals surface area contributed by atoms with Gasteiger partial charge < -0.3 is 19.8 Å². The second kappa shape index (κ2) is 8.88. The van der Waals surface area contributed by atoms with Crippen molar-refractivity contribution in [3.05, 3.63) is 47.6 Å². The lowest BCUT2D eigenvalue weighted by Crippen LogP contribution is -2.51. The van der Waals surface area contributed by atoms with E-state index in [0.29, 0.717) is 18.9 Å². The van der Waals surface area contributed by atoms with E-state index < -0.39 is 17.7 Å². The molecular formula is C23H32N4O4. The summed E-state index contributed by atoms with van der Waals surface area (Å²) in [6.45, 7) is 9.99. The summed E-state index contributed by atoms with van der Waals surface area (Å²) in [5, 5.41) is 17.7. The normalized spacial score (nSPS) is 18.3. The number of carbonyl (C=O) groups excluding carboxylic acids is 2. The first-order valence-electron chi connectivity index (χ1n) is 10.7. The third-order valence-corrected chi connectivity index (χ3v) is 5.66. The van der Waals surface area contributed by atoms with E-state index >= 15 is 0 Å². The van der Waals surface area contributed by atoms with Gasteiger partial charge in [-0.2, -0.15) is 4.98 Å². The van der Waals surface area contributed by atoms with Crippen LogP contribution in [0.2, 0.25) is 0 Å². The van der Waals surface area contributed by atoms with Crippen molar-refractivity contribution in [2.45, 2.75) is 70.6 Å². The van der Waals surface area contributed by atoms with E-state index in [1.165, 1.54) is 0 Å². The molecule has 1 aliphatic rings. The van der Waals surface area contributed by atoms with Crippen LogP contribution in [-0.4, -0.2) is 56.5 Å². The molecule has 1 saturated heterocycles. The van der Waals surface area contributed by atoms with Crippen molar-refractivity contribution in [2.75, 3.05) is 13.1 Å². The highest BCUT2D eigenvalue weighted by atomic mass is 16.5. The Labute approximate surface area is 183 Å². The smallest absolute Gasteiger partial charge is 0.240 e. The van der Waals surface area contributed by atoms with Crippen molar-refractivity contribution in [3.8, 4) is 0 Å². The van der Waals surface area contributed by atoms with Crippen molar-refractivity contribution in [2.24, 2.45) is 0 Å². The fraction of sp³-hybridized carbons (Fsp3) is 0.565. The molecule has 1 aliphatic heterocycles. The molecule has 0 aliphatic carbocycles. The highest BCUT2D eigenvalue weighted by Gasteiger charge is 2.38. The minimum absolute atomic E-state index is 0.0140. The summed E-state index contributed by atoms with van der Waals surface area (Å²) >= 11 is 0. The average molecular weight is 429 g/mol. The molecule has 1 amide bonds. The fourth-order valence-electron chi connectivity index (χ4n) is 3.67. The molecular weight excluding hydrogens is 396 g/mol. The molecule has 2 unspecified atom stereocenters. The quantitative estimate of drug-likeness (QED) is 0.653. The van der Waals surface area contributed by atoms with Crippen LogP contribution in [0.4, 0.5) is 0 Å². The van der Waals surface area contributed by atoms with Crippen LogP contribution in [0.25, 0.3) is 0 Å². The van der Waals surface area contributed by atoms with Crippen LogP contribution in [0.1, 0.15) is 75.6 Å². The lowest BCUT2D eigenvalue weighted by Gasteiger charge is -2.33. The molecule has 2 N–H and O–H groups in total. The van der Waals surface area contributed by atoms with Crippen molar-refractivity contribution in [1.82, 2.24) is 20.4 Å². The number of hydrogen-bond acceptors (Lipinski definition) is 7. The molecule has 0 bridgehead atoms. The van der Waals surface area contributed by atoms with Crippen molar-refractivity contribution >= 4 is 11.7 Å². The van der Waals surface area contributed by atoms with Crippen molar-refractivity contribution < 1.29 is 19.2 Å². The van der Waals surface area contributed by atoms with Crippen LogP contribution < -0.4 is 5.32 Å². The number of aromatic nitrogens is 2. The van der Waals surface area contributed by atoms with E-state index in [4.69, 9.17) is 4.52 Å². The van der Waals surface area contributed by atoms with Crippen LogP contribution in [0.5, 0.6) is 0 Å². The zero-order valence-electron chi connectivity index (χ0n) is 18.9. The Bertz CT molecular complexity index is 917. The second-order valence-electron chi connectivity index (χ2n) is 9.67. The Hall–Kier alpha value is -2.58. The number of hydrogen-bond donors (Lipinski definition) is 2. The van der Waals surface area contributed by atoms with Gasteiger partial charge in [0.25, 0.3) is 0 Å². The topological polar surface area (TPSA) is 109 Å². The summed E-state index contributed by atoms with van der Waals surface area (Å²) in [6, 6.07) is 8.72. The summed E-state index contributed by atoms with van der Waals surface area (Å²) in [4.78, 5) is 31.7. The first-order valence-corrected chi connectivity index (χ1v) is 10.7. The summed E-state index contributed by atoms with van der Waals surface area (Å²) in [6.07, 6.45) is 0.523. The molecule has 168 valence electrons. The molecule has 2 heterocycles. The SMILES string of the molecule is CC(C)(C)c1nc(C(=O)C2CCCN2C(=O)CNC(C)(C)C(O)c2ccccc2)no1. The lowest BCUT2D eigenvalue weighted by atomic mass is 9.91. The van der Waals surface area contributed by atoms with E-state index in [1.54, 1.807) is 4.90 Å². The van der Waals surface area contributed by atoms with E-state index in [0.717, 1.165) is 12.0 Å². The first-order chi connectivity index (χ1) is 14.5. The predicted molar refractivity (Wildman–Crippen MR) is 116 cm³/mol. The van der Waals surface area contributed by atoms with Crippen LogP contribution in [0, 0.1) is 0 Å². The molecule has 1 aromatic carbocycles. The van der Waals surface area contributed by atoms with E-state index in [-0.39, 0.29) is 29.5 Å². The van der Waals surface area contributed by atoms with Gasteiger partial charge in [-0.3, -0.25) is 9.59 Å². The van der Waals surface area contributed by atoms with Gasteiger partial charge in [0.15, 0.2) is 0 Å². The maximum Gasteiger partial charge on any atom is 0.240 e. The lowest BCUT2D eigenvalue weighted by molar-refractivity contribution is -0.131. The van der Waals surface area contributed by atoms with Gasteiger partial charge >= 0.3 is 0 Å². The number of aliphatic hydroxyl groups is 1. The number of likely N-dealkylation sites (tertiary alicyclic amines) is 1. The number of nitrogens with one attached hydrogen (secondary N) is 1. The fourth-order valence-corrected chi connectivity index (χ4v) is 3.67. The van der Waals surface area contributed by atoms with Gasteiger partial charge in [-0.05, 0) is 32.3 Å². The minimum atomic E-state index is -0.785. The van der Waals surface area contributed by atoms with E-state index in [9.17, 15) is 14.7 Å². The minimum Gasteiger partial charge on any atom is -0.387 e. The number of aliphatic hydroxyl groups excluding tert-OH is 1. The summed E-state index contributed by atoms with van der Waals surface area (Å²) < 4.78 is 5.24. The Kier molecular flexibility index (Phi) is 6.62. The first kappa shape index (κ1) is 23.1. The zero-order chi connectivity index (χ0) is 22.8. The number of rotatable bonds is 7. The second-order valence-corrected chi connectivity index (χ2v) is 9.67. The molecule has 0 saturated carbocycles. The predicted octanol–water partition coefficient (Wildman–Crippen LogP) is 2.64. The van der Waals surface area contributed by atoms with Gasteiger partial charge in [-0.15, -0.1) is 0 Å². The molecule has 1 aromatic heterocycles. The molecule has 1 fully saturated rings. The largest absolute Gasteiger partial charge is 0.387 e. The molecule has 0 spiro atoms. The molecule has 2 aromatic rings. The van der Waals surface area contributed by atoms with Crippen LogP contribution in [0.15, 0.2) is 34.9 Å². The van der Waals surface area contributed by atoms with Crippen LogP contribution in [0.3, 0.4) is 0 Å². The van der Waals surface area contributed by atoms with Crippen molar-refractivity contribution in [3.63, 3.8) is 0 Å². The number of benzene rings is 1. The van der Waals surface area contributed by atoms with Gasteiger partial charge in [-0.25, -0.2) is 0 Å². The number of ketones is 1. The number of carbonyl (C=O) groups is 2. The number of Topliss-reactive ketones (excluding diaryl/α,β-unsaturated/α-hetero) is 1.